The summed E-state index contributed by atoms with van der Waals surface area (Å²) in [5.74, 6) is 0. The van der Waals surface area contributed by atoms with Crippen molar-refractivity contribution in [2.45, 2.75) is 39.3 Å². The SMILES string of the molecule is CN(C)CCn1cnc2ccc(Nc3ccnc4[nH]c(C5=CCN(C(=O)NC(C)(C)C)CC5)cc34)cc21. The molecule has 0 aliphatic carbocycles. The lowest BCUT2D eigenvalue weighted by Gasteiger charge is -2.30. The molecule has 3 N–H and O–H groups in total. The van der Waals surface area contributed by atoms with Gasteiger partial charge < -0.3 is 30.0 Å². The molecular weight excluding hydrogens is 464 g/mol. The Bertz CT molecular complexity index is 1460. The van der Waals surface area contributed by atoms with Crippen LogP contribution in [0, 0.1) is 0 Å². The van der Waals surface area contributed by atoms with E-state index in [-0.39, 0.29) is 11.6 Å². The van der Waals surface area contributed by atoms with Crippen LogP contribution >= 0.6 is 0 Å². The minimum absolute atomic E-state index is 0.0207. The molecular formula is C28H36N8O. The zero-order chi connectivity index (χ0) is 26.2. The Morgan fingerprint density at radius 1 is 1.16 bits per heavy atom. The van der Waals surface area contributed by atoms with Crippen LogP contribution < -0.4 is 10.6 Å². The number of H-pyrrole nitrogens is 1. The molecule has 2 amide bonds. The number of rotatable bonds is 6. The fourth-order valence-corrected chi connectivity index (χ4v) is 4.58. The van der Waals surface area contributed by atoms with Crippen LogP contribution in [0.25, 0.3) is 27.6 Å². The van der Waals surface area contributed by atoms with Gasteiger partial charge in [0.25, 0.3) is 0 Å². The molecule has 0 saturated heterocycles. The van der Waals surface area contributed by atoms with Gasteiger partial charge in [-0.05, 0) is 77.2 Å². The summed E-state index contributed by atoms with van der Waals surface area (Å²) in [6.45, 7) is 9.11. The maximum absolute atomic E-state index is 12.5. The molecule has 0 spiro atoms. The van der Waals surface area contributed by atoms with Crippen LogP contribution in [-0.4, -0.2) is 74.6 Å². The third-order valence-corrected chi connectivity index (χ3v) is 6.54. The molecule has 9 heteroatoms. The van der Waals surface area contributed by atoms with E-state index in [9.17, 15) is 4.79 Å². The van der Waals surface area contributed by atoms with Crippen molar-refractivity contribution >= 4 is 45.0 Å². The first-order chi connectivity index (χ1) is 17.7. The average Bonchev–Trinajstić information content (AvgIpc) is 3.46. The van der Waals surface area contributed by atoms with Crippen LogP contribution in [0.5, 0.6) is 0 Å². The third kappa shape index (κ3) is 5.61. The Morgan fingerprint density at radius 3 is 2.73 bits per heavy atom. The van der Waals surface area contributed by atoms with Crippen LogP contribution in [0.4, 0.5) is 16.2 Å². The molecule has 0 saturated carbocycles. The van der Waals surface area contributed by atoms with E-state index < -0.39 is 0 Å². The van der Waals surface area contributed by atoms with Gasteiger partial charge in [0.2, 0.25) is 0 Å². The smallest absolute Gasteiger partial charge is 0.318 e. The van der Waals surface area contributed by atoms with Crippen LogP contribution in [0.2, 0.25) is 0 Å². The van der Waals surface area contributed by atoms with Crippen LogP contribution in [0.3, 0.4) is 0 Å². The zero-order valence-electron chi connectivity index (χ0n) is 22.3. The van der Waals surface area contributed by atoms with Gasteiger partial charge in [0.05, 0.1) is 23.0 Å². The van der Waals surface area contributed by atoms with Gasteiger partial charge in [0.15, 0.2) is 0 Å². The number of amides is 2. The second-order valence-corrected chi connectivity index (χ2v) is 11.0. The van der Waals surface area contributed by atoms with Gasteiger partial charge in [-0.1, -0.05) is 6.08 Å². The predicted molar refractivity (Wildman–Crippen MR) is 150 cm³/mol. The second-order valence-electron chi connectivity index (χ2n) is 11.0. The van der Waals surface area contributed by atoms with Gasteiger partial charge in [-0.15, -0.1) is 0 Å². The zero-order valence-corrected chi connectivity index (χ0v) is 22.3. The number of nitrogens with one attached hydrogen (secondary N) is 3. The Kier molecular flexibility index (Phi) is 6.64. The average molecular weight is 501 g/mol. The summed E-state index contributed by atoms with van der Waals surface area (Å²) in [4.78, 5) is 29.1. The predicted octanol–water partition coefficient (Wildman–Crippen LogP) is 4.82. The lowest BCUT2D eigenvalue weighted by molar-refractivity contribution is 0.193. The molecule has 1 aliphatic rings. The first kappa shape index (κ1) is 24.8. The number of likely N-dealkylation sites (N-methyl/N-ethyl adjacent to an activating group) is 1. The molecule has 0 unspecified atom stereocenters. The maximum Gasteiger partial charge on any atom is 0.318 e. The van der Waals surface area contributed by atoms with E-state index in [1.807, 2.05) is 44.3 Å². The summed E-state index contributed by atoms with van der Waals surface area (Å²) < 4.78 is 2.19. The number of anilines is 2. The van der Waals surface area contributed by atoms with E-state index in [0.29, 0.717) is 13.1 Å². The topological polar surface area (TPSA) is 94.1 Å². The normalized spacial score (nSPS) is 14.4. The number of aromatic nitrogens is 4. The number of nitrogens with zero attached hydrogens (tertiary/aromatic N) is 5. The molecule has 5 rings (SSSR count). The highest BCUT2D eigenvalue weighted by Crippen LogP contribution is 2.31. The van der Waals surface area contributed by atoms with Crippen molar-refractivity contribution in [2.24, 2.45) is 0 Å². The first-order valence-corrected chi connectivity index (χ1v) is 12.8. The molecule has 4 heterocycles. The molecule has 194 valence electrons. The van der Waals surface area contributed by atoms with Gasteiger partial charge in [0.1, 0.15) is 5.65 Å². The molecule has 4 aromatic rings. The lowest BCUT2D eigenvalue weighted by atomic mass is 10.0. The van der Waals surface area contributed by atoms with Crippen molar-refractivity contribution in [3.63, 3.8) is 0 Å². The number of fused-ring (bicyclic) bond motifs is 2. The van der Waals surface area contributed by atoms with E-state index in [1.54, 1.807) is 0 Å². The highest BCUT2D eigenvalue weighted by molar-refractivity contribution is 5.95. The number of aromatic amines is 1. The van der Waals surface area contributed by atoms with Gasteiger partial charge in [-0.2, -0.15) is 0 Å². The van der Waals surface area contributed by atoms with Crippen molar-refractivity contribution in [1.82, 2.24) is 34.6 Å². The summed E-state index contributed by atoms with van der Waals surface area (Å²) >= 11 is 0. The number of urea groups is 1. The van der Waals surface area contributed by atoms with E-state index in [2.05, 4.69) is 79.5 Å². The van der Waals surface area contributed by atoms with Gasteiger partial charge >= 0.3 is 6.03 Å². The van der Waals surface area contributed by atoms with Crippen molar-refractivity contribution in [1.29, 1.82) is 0 Å². The molecule has 1 aromatic carbocycles. The number of pyridine rings is 1. The number of benzene rings is 1. The molecule has 0 bridgehead atoms. The molecule has 3 aromatic heterocycles. The number of imidazole rings is 1. The van der Waals surface area contributed by atoms with Crippen LogP contribution in [-0.2, 0) is 6.54 Å². The largest absolute Gasteiger partial charge is 0.355 e. The van der Waals surface area contributed by atoms with Gasteiger partial charge in [0, 0.05) is 54.7 Å². The van der Waals surface area contributed by atoms with E-state index in [4.69, 9.17) is 0 Å². The Hall–Kier alpha value is -3.85. The van der Waals surface area contributed by atoms with Crippen LogP contribution in [0.1, 0.15) is 32.9 Å². The number of carbonyl (C=O) groups is 1. The summed E-state index contributed by atoms with van der Waals surface area (Å²) in [6.07, 6.45) is 6.65. The van der Waals surface area contributed by atoms with E-state index in [1.165, 1.54) is 5.57 Å². The Balaban J connectivity index is 1.35. The quantitative estimate of drug-likeness (QED) is 0.353. The number of hydrogen-bond donors (Lipinski definition) is 3. The van der Waals surface area contributed by atoms with Crippen LogP contribution in [0.15, 0.2) is 48.9 Å². The standard InChI is InChI=1S/C28H36N8O/c1-28(2,3)33-27(37)35-12-9-19(10-13-35)24-17-21-22(8-11-29-26(21)32-24)31-20-6-7-23-25(16-20)36(18-30-23)15-14-34(4)5/h6-9,11,16-18H,10,12-15H2,1-5H3,(H,33,37)(H2,29,31,32). The van der Waals surface area contributed by atoms with E-state index >= 15 is 0 Å². The monoisotopic (exact) mass is 500 g/mol. The molecule has 1 aliphatic heterocycles. The Labute approximate surface area is 217 Å². The fourth-order valence-electron chi connectivity index (χ4n) is 4.58. The molecule has 9 nitrogen and oxygen atoms in total. The summed E-state index contributed by atoms with van der Waals surface area (Å²) in [5.41, 5.74) is 6.94. The highest BCUT2D eigenvalue weighted by Gasteiger charge is 2.22. The molecule has 37 heavy (non-hydrogen) atoms. The van der Waals surface area contributed by atoms with Gasteiger partial charge in [-0.3, -0.25) is 0 Å². The molecule has 0 fully saturated rings. The van der Waals surface area contributed by atoms with Crippen molar-refractivity contribution in [3.8, 4) is 0 Å². The number of hydrogen-bond acceptors (Lipinski definition) is 5. The first-order valence-electron chi connectivity index (χ1n) is 12.8. The lowest BCUT2D eigenvalue weighted by Crippen LogP contribution is -2.49. The third-order valence-electron chi connectivity index (χ3n) is 6.54. The maximum atomic E-state index is 12.5. The molecule has 0 radical (unpaired) electrons. The highest BCUT2D eigenvalue weighted by atomic mass is 16.2. The summed E-state index contributed by atoms with van der Waals surface area (Å²) in [7, 11) is 4.16. The van der Waals surface area contributed by atoms with Crippen molar-refractivity contribution in [3.05, 3.63) is 54.6 Å². The van der Waals surface area contributed by atoms with Crippen molar-refractivity contribution < 1.29 is 4.79 Å². The minimum Gasteiger partial charge on any atom is -0.355 e. The van der Waals surface area contributed by atoms with Crippen molar-refractivity contribution in [2.75, 3.05) is 39.0 Å². The number of carbonyl (C=O) groups excluding carboxylic acids is 1. The van der Waals surface area contributed by atoms with E-state index in [0.717, 1.165) is 58.6 Å². The second kappa shape index (κ2) is 9.89. The summed E-state index contributed by atoms with van der Waals surface area (Å²) in [5, 5.41) is 7.67. The molecule has 0 atom stereocenters. The minimum atomic E-state index is -0.246. The van der Waals surface area contributed by atoms with Gasteiger partial charge in [-0.25, -0.2) is 14.8 Å². The summed E-state index contributed by atoms with van der Waals surface area (Å²) in [6, 6.07) is 10.4. The fraction of sp³-hybridized carbons (Fsp3) is 0.393. The Morgan fingerprint density at radius 2 is 2.00 bits per heavy atom.